The van der Waals surface area contributed by atoms with Crippen molar-refractivity contribution in [2.45, 2.75) is 27.6 Å². The van der Waals surface area contributed by atoms with Crippen molar-refractivity contribution >= 4 is 63.0 Å². The first-order chi connectivity index (χ1) is 18.0. The van der Waals surface area contributed by atoms with E-state index in [-0.39, 0.29) is 23.6 Å². The highest BCUT2D eigenvalue weighted by Crippen LogP contribution is 2.42. The largest absolute Gasteiger partial charge is 0.477 e. The number of β-lactam (4-membered cyclic amide) rings is 1. The normalized spacial score (nSPS) is 19.7. The minimum atomic E-state index is -4.93. The predicted octanol–water partition coefficient (Wildman–Crippen LogP) is 1.24. The van der Waals surface area contributed by atoms with Gasteiger partial charge in [0.1, 0.15) is 17.1 Å². The molecular formula is C20H20N7O7S4+. The number of hydrogen-bond acceptors (Lipinski definition) is 10. The fourth-order valence-corrected chi connectivity index (χ4v) is 8.05. The van der Waals surface area contributed by atoms with Crippen LogP contribution in [0.4, 0.5) is 0 Å². The van der Waals surface area contributed by atoms with E-state index in [0.717, 1.165) is 9.24 Å². The molecule has 18 heteroatoms. The van der Waals surface area contributed by atoms with Crippen LogP contribution in [0.15, 0.2) is 51.3 Å². The topological polar surface area (TPSA) is 207 Å². The molecule has 0 aliphatic carbocycles. The third kappa shape index (κ3) is 5.79. The Kier molecular flexibility index (Phi) is 8.29. The number of aromatic nitrogens is 2. The summed E-state index contributed by atoms with van der Waals surface area (Å²) in [5, 5.41) is 12.8. The maximum Gasteiger partial charge on any atom is 0.352 e. The zero-order valence-corrected chi connectivity index (χ0v) is 22.8. The fraction of sp³-hybridized carbons (Fsp3) is 0.350. The molecule has 3 heterocycles. The number of hydrogen-bond donors (Lipinski definition) is 3. The molecule has 2 aromatic rings. The Labute approximate surface area is 228 Å². The SMILES string of the molecule is C[n+]1cnc(SCC2=C(C(=O)O)N3C(=O)C(NC(=O)C(c4ccc(CN=[N+]=[N-])cc4)S(=O)(=O)O)C3SC2)s1. The van der Waals surface area contributed by atoms with Gasteiger partial charge < -0.3 is 10.4 Å². The van der Waals surface area contributed by atoms with E-state index in [9.17, 15) is 32.5 Å². The molecule has 3 atom stereocenters. The molecule has 0 radical (unpaired) electrons. The van der Waals surface area contributed by atoms with Crippen LogP contribution in [0.5, 0.6) is 0 Å². The van der Waals surface area contributed by atoms with Crippen molar-refractivity contribution in [2.75, 3.05) is 11.5 Å². The van der Waals surface area contributed by atoms with Gasteiger partial charge in [-0.25, -0.2) is 4.79 Å². The van der Waals surface area contributed by atoms with E-state index in [1.54, 1.807) is 10.3 Å². The standard InChI is InChI=1S/C20H19N7O7S4/c1-26-9-22-20(37-26)36-8-12-7-35-18-13(17(29)27(18)14(12)19(30)31)24-16(28)15(38(32,33)34)11-4-2-10(3-5-11)6-23-25-21/h2-5,9,13,15,18H,6-8H2,1H3,(H2-,24,28,30,31,32,33,34)/p+1. The van der Waals surface area contributed by atoms with E-state index in [2.05, 4.69) is 20.3 Å². The minimum absolute atomic E-state index is 0.00714. The number of carboxylic acids is 1. The van der Waals surface area contributed by atoms with Gasteiger partial charge in [-0.05, 0) is 27.2 Å². The van der Waals surface area contributed by atoms with Crippen LogP contribution in [0.2, 0.25) is 0 Å². The minimum Gasteiger partial charge on any atom is -0.477 e. The average Bonchev–Trinajstić information content (AvgIpc) is 3.29. The lowest BCUT2D eigenvalue weighted by molar-refractivity contribution is -0.603. The second kappa shape index (κ2) is 11.3. The Morgan fingerprint density at radius 2 is 2.11 bits per heavy atom. The molecular weight excluding hydrogens is 579 g/mol. The lowest BCUT2D eigenvalue weighted by atomic mass is 10.0. The molecule has 2 aliphatic rings. The summed E-state index contributed by atoms with van der Waals surface area (Å²) in [5.41, 5.74) is 9.27. The van der Waals surface area contributed by atoms with Crippen LogP contribution in [0, 0.1) is 0 Å². The molecule has 3 unspecified atom stereocenters. The quantitative estimate of drug-likeness (QED) is 0.0678. The van der Waals surface area contributed by atoms with E-state index >= 15 is 0 Å². The number of fused-ring (bicyclic) bond motifs is 1. The molecule has 0 bridgehead atoms. The van der Waals surface area contributed by atoms with Crippen LogP contribution in [-0.4, -0.2) is 68.7 Å². The number of aliphatic carboxylic acids is 1. The Morgan fingerprint density at radius 3 is 2.68 bits per heavy atom. The molecule has 2 aliphatic heterocycles. The lowest BCUT2D eigenvalue weighted by Crippen LogP contribution is -2.71. The molecule has 1 fully saturated rings. The van der Waals surface area contributed by atoms with Crippen molar-refractivity contribution in [3.8, 4) is 0 Å². The second-order valence-electron chi connectivity index (χ2n) is 8.12. The number of carboxylic acid groups (broad SMARTS) is 1. The highest BCUT2D eigenvalue weighted by atomic mass is 32.2. The van der Waals surface area contributed by atoms with E-state index in [1.807, 2.05) is 7.05 Å². The van der Waals surface area contributed by atoms with Crippen LogP contribution >= 0.6 is 35.1 Å². The molecule has 4 rings (SSSR count). The number of nitrogens with one attached hydrogen (secondary N) is 1. The molecule has 1 aromatic carbocycles. The molecule has 0 saturated carbocycles. The van der Waals surface area contributed by atoms with E-state index in [1.165, 1.54) is 59.3 Å². The van der Waals surface area contributed by atoms with Gasteiger partial charge in [0.15, 0.2) is 5.25 Å². The fourth-order valence-electron chi connectivity index (χ4n) is 3.90. The van der Waals surface area contributed by atoms with Gasteiger partial charge in [0, 0.05) is 16.4 Å². The average molecular weight is 599 g/mol. The molecule has 3 N–H and O–H groups in total. The summed E-state index contributed by atoms with van der Waals surface area (Å²) >= 11 is 3.98. The van der Waals surface area contributed by atoms with Gasteiger partial charge in [0.2, 0.25) is 5.91 Å². The highest BCUT2D eigenvalue weighted by molar-refractivity contribution is 8.01. The number of benzene rings is 1. The van der Waals surface area contributed by atoms with Gasteiger partial charge in [0.05, 0.1) is 25.1 Å². The number of aryl methyl sites for hydroxylation is 1. The zero-order chi connectivity index (χ0) is 27.6. The van der Waals surface area contributed by atoms with Gasteiger partial charge in [0.25, 0.3) is 26.7 Å². The number of thioether (sulfide) groups is 2. The van der Waals surface area contributed by atoms with Crippen LogP contribution < -0.4 is 9.27 Å². The number of carbonyl (C=O) groups is 3. The van der Waals surface area contributed by atoms with Gasteiger partial charge in [-0.1, -0.05) is 41.1 Å². The molecule has 1 aromatic heterocycles. The number of amides is 2. The van der Waals surface area contributed by atoms with Crippen molar-refractivity contribution in [2.24, 2.45) is 12.2 Å². The smallest absolute Gasteiger partial charge is 0.352 e. The Hall–Kier alpha value is -3.15. The van der Waals surface area contributed by atoms with Gasteiger partial charge in [-0.15, -0.1) is 11.8 Å². The van der Waals surface area contributed by atoms with Crippen molar-refractivity contribution in [3.63, 3.8) is 0 Å². The third-order valence-corrected chi connectivity index (χ3v) is 10.1. The third-order valence-electron chi connectivity index (χ3n) is 5.60. The first kappa shape index (κ1) is 27.9. The van der Waals surface area contributed by atoms with Crippen LogP contribution in [0.1, 0.15) is 16.4 Å². The zero-order valence-electron chi connectivity index (χ0n) is 19.5. The number of rotatable bonds is 10. The summed E-state index contributed by atoms with van der Waals surface area (Å²) in [4.78, 5) is 45.9. The summed E-state index contributed by atoms with van der Waals surface area (Å²) in [6.45, 7) is 0.00714. The van der Waals surface area contributed by atoms with Gasteiger partial charge in [-0.3, -0.25) is 19.0 Å². The van der Waals surface area contributed by atoms with E-state index < -0.39 is 44.6 Å². The molecule has 38 heavy (non-hydrogen) atoms. The summed E-state index contributed by atoms with van der Waals surface area (Å²) < 4.78 is 36.5. The first-order valence-corrected chi connectivity index (χ1v) is 15.0. The van der Waals surface area contributed by atoms with E-state index in [4.69, 9.17) is 5.53 Å². The maximum absolute atomic E-state index is 13.0. The van der Waals surface area contributed by atoms with Crippen molar-refractivity contribution in [3.05, 3.63) is 63.4 Å². The van der Waals surface area contributed by atoms with E-state index in [0.29, 0.717) is 16.9 Å². The summed E-state index contributed by atoms with van der Waals surface area (Å²) in [7, 11) is -3.10. The van der Waals surface area contributed by atoms with Crippen molar-refractivity contribution in [1.82, 2.24) is 15.2 Å². The maximum atomic E-state index is 13.0. The highest BCUT2D eigenvalue weighted by Gasteiger charge is 2.55. The van der Waals surface area contributed by atoms with Crippen LogP contribution in [0.3, 0.4) is 0 Å². The molecule has 200 valence electrons. The first-order valence-electron chi connectivity index (χ1n) is 10.7. The predicted molar refractivity (Wildman–Crippen MR) is 137 cm³/mol. The Morgan fingerprint density at radius 1 is 1.39 bits per heavy atom. The Balaban J connectivity index is 1.50. The van der Waals surface area contributed by atoms with Crippen molar-refractivity contribution in [1.29, 1.82) is 0 Å². The van der Waals surface area contributed by atoms with Gasteiger partial charge >= 0.3 is 5.97 Å². The van der Waals surface area contributed by atoms with Crippen molar-refractivity contribution < 1.29 is 36.4 Å². The number of azide groups is 1. The Bertz CT molecular complexity index is 1470. The molecule has 14 nitrogen and oxygen atoms in total. The molecule has 0 spiro atoms. The van der Waals surface area contributed by atoms with Crippen LogP contribution in [0.25, 0.3) is 10.4 Å². The second-order valence-corrected chi connectivity index (χ2v) is 13.1. The monoisotopic (exact) mass is 598 g/mol. The summed E-state index contributed by atoms with van der Waals surface area (Å²) in [5.74, 6) is -2.54. The number of carbonyl (C=O) groups excluding carboxylic acids is 2. The van der Waals surface area contributed by atoms with Gasteiger partial charge in [-0.2, -0.15) is 12.4 Å². The summed E-state index contributed by atoms with van der Waals surface area (Å²) in [6.07, 6.45) is 1.63. The lowest BCUT2D eigenvalue weighted by Gasteiger charge is -2.49. The summed E-state index contributed by atoms with van der Waals surface area (Å²) in [6, 6.07) is 4.29. The molecule has 2 amide bonds. The van der Waals surface area contributed by atoms with Crippen LogP contribution in [-0.2, 0) is 38.1 Å². The number of nitrogens with zero attached hydrogens (tertiary/aromatic N) is 6. The molecule has 1 saturated heterocycles.